The summed E-state index contributed by atoms with van der Waals surface area (Å²) in [7, 11) is 0. The van der Waals surface area contributed by atoms with Crippen LogP contribution in [0.2, 0.25) is 0 Å². The van der Waals surface area contributed by atoms with E-state index >= 15 is 0 Å². The van der Waals surface area contributed by atoms with E-state index in [2.05, 4.69) is 28.6 Å². The van der Waals surface area contributed by atoms with E-state index in [9.17, 15) is 14.4 Å². The van der Waals surface area contributed by atoms with Crippen molar-refractivity contribution in [2.24, 2.45) is 0 Å². The summed E-state index contributed by atoms with van der Waals surface area (Å²) in [6.45, 7) is 6.07. The highest BCUT2D eigenvalue weighted by molar-refractivity contribution is 7.80. The molecule has 1 aromatic carbocycles. The number of alkyl carbamates (subject to hydrolysis) is 1. The van der Waals surface area contributed by atoms with Gasteiger partial charge >= 0.3 is 6.09 Å². The summed E-state index contributed by atoms with van der Waals surface area (Å²) in [6, 6.07) is 6.97. The minimum Gasteiger partial charge on any atom is -0.444 e. The van der Waals surface area contributed by atoms with Gasteiger partial charge in [0.05, 0.1) is 5.56 Å². The highest BCUT2D eigenvalue weighted by atomic mass is 32.1. The van der Waals surface area contributed by atoms with Crippen LogP contribution in [0.5, 0.6) is 0 Å². The number of carbonyl (C=O) groups excluding carboxylic acids is 3. The van der Waals surface area contributed by atoms with E-state index < -0.39 is 11.7 Å². The predicted octanol–water partition coefficient (Wildman–Crippen LogP) is 1.74. The summed E-state index contributed by atoms with van der Waals surface area (Å²) in [6.07, 6.45) is -0.426. The average molecular weight is 367 g/mol. The second kappa shape index (κ2) is 9.93. The van der Waals surface area contributed by atoms with Crippen molar-refractivity contribution in [3.63, 3.8) is 0 Å². The van der Waals surface area contributed by atoms with Gasteiger partial charge < -0.3 is 20.7 Å². The van der Waals surface area contributed by atoms with Gasteiger partial charge in [-0.25, -0.2) is 4.79 Å². The molecule has 0 aliphatic heterocycles. The molecular weight excluding hydrogens is 342 g/mol. The number of benzene rings is 1. The molecule has 7 nitrogen and oxygen atoms in total. The lowest BCUT2D eigenvalue weighted by molar-refractivity contribution is -0.120. The minimum atomic E-state index is -0.573. The van der Waals surface area contributed by atoms with Crippen molar-refractivity contribution < 1.29 is 19.1 Å². The molecular formula is C17H25N3O4S. The molecule has 3 N–H and O–H groups in total. The first-order valence-electron chi connectivity index (χ1n) is 7.99. The topological polar surface area (TPSA) is 96.5 Å². The maximum absolute atomic E-state index is 11.9. The molecule has 0 atom stereocenters. The number of ether oxygens (including phenoxy) is 1. The Morgan fingerprint density at radius 2 is 1.64 bits per heavy atom. The second-order valence-electron chi connectivity index (χ2n) is 6.30. The van der Waals surface area contributed by atoms with Crippen molar-refractivity contribution in [3.8, 4) is 0 Å². The molecule has 25 heavy (non-hydrogen) atoms. The Balaban J connectivity index is 2.16. The molecule has 0 aromatic heterocycles. The maximum Gasteiger partial charge on any atom is 0.407 e. The van der Waals surface area contributed by atoms with E-state index in [1.165, 1.54) is 0 Å². The van der Waals surface area contributed by atoms with Gasteiger partial charge in [0, 0.05) is 31.0 Å². The molecule has 0 aliphatic rings. The lowest BCUT2D eigenvalue weighted by atomic mass is 10.2. The Hall–Kier alpha value is -2.22. The fourth-order valence-corrected chi connectivity index (χ4v) is 2.08. The molecule has 0 bridgehead atoms. The third-order valence-corrected chi connectivity index (χ3v) is 3.29. The van der Waals surface area contributed by atoms with E-state index in [1.807, 2.05) is 0 Å². The molecule has 0 spiro atoms. The molecule has 0 fully saturated rings. The van der Waals surface area contributed by atoms with Gasteiger partial charge in [0.1, 0.15) is 5.60 Å². The van der Waals surface area contributed by atoms with Crippen LogP contribution in [0.25, 0.3) is 0 Å². The normalized spacial score (nSPS) is 10.7. The van der Waals surface area contributed by atoms with Crippen LogP contribution in [0.4, 0.5) is 4.79 Å². The van der Waals surface area contributed by atoms with E-state index in [0.29, 0.717) is 23.5 Å². The summed E-state index contributed by atoms with van der Waals surface area (Å²) < 4.78 is 5.06. The monoisotopic (exact) mass is 367 g/mol. The number of amides is 3. The lowest BCUT2D eigenvalue weighted by Crippen LogP contribution is -2.37. The van der Waals surface area contributed by atoms with Crippen molar-refractivity contribution in [3.05, 3.63) is 29.8 Å². The maximum atomic E-state index is 11.9. The molecule has 0 heterocycles. The molecule has 0 radical (unpaired) electrons. The molecule has 0 saturated carbocycles. The lowest BCUT2D eigenvalue weighted by Gasteiger charge is -2.19. The van der Waals surface area contributed by atoms with Crippen LogP contribution in [-0.4, -0.2) is 43.1 Å². The first-order chi connectivity index (χ1) is 11.7. The predicted molar refractivity (Wildman–Crippen MR) is 97.9 cm³/mol. The Morgan fingerprint density at radius 3 is 2.28 bits per heavy atom. The molecule has 1 rings (SSSR count). The van der Waals surface area contributed by atoms with Gasteiger partial charge in [-0.3, -0.25) is 9.59 Å². The Bertz CT molecular complexity index is 614. The zero-order valence-corrected chi connectivity index (χ0v) is 15.6. The van der Waals surface area contributed by atoms with Gasteiger partial charge in [-0.05, 0) is 32.9 Å². The molecule has 3 amide bonds. The van der Waals surface area contributed by atoms with Gasteiger partial charge in [0.2, 0.25) is 5.91 Å². The van der Waals surface area contributed by atoms with Crippen molar-refractivity contribution in [2.45, 2.75) is 37.7 Å². The van der Waals surface area contributed by atoms with Crippen molar-refractivity contribution >= 4 is 30.5 Å². The van der Waals surface area contributed by atoms with Crippen LogP contribution < -0.4 is 16.0 Å². The van der Waals surface area contributed by atoms with E-state index in [4.69, 9.17) is 4.74 Å². The number of carbonyl (C=O) groups is 3. The van der Waals surface area contributed by atoms with Gasteiger partial charge in [-0.2, -0.15) is 0 Å². The molecule has 138 valence electrons. The Labute approximate surface area is 153 Å². The van der Waals surface area contributed by atoms with Crippen molar-refractivity contribution in [1.82, 2.24) is 16.0 Å². The molecule has 0 aliphatic carbocycles. The van der Waals surface area contributed by atoms with Gasteiger partial charge in [-0.15, -0.1) is 12.6 Å². The van der Waals surface area contributed by atoms with E-state index in [1.54, 1.807) is 45.0 Å². The van der Waals surface area contributed by atoms with Gasteiger partial charge in [0.25, 0.3) is 5.91 Å². The number of thiol groups is 1. The number of nitrogens with one attached hydrogen (secondary N) is 3. The van der Waals surface area contributed by atoms with Crippen molar-refractivity contribution in [1.29, 1.82) is 0 Å². The molecule has 1 aromatic rings. The van der Waals surface area contributed by atoms with Gasteiger partial charge in [-0.1, -0.05) is 12.1 Å². The van der Waals surface area contributed by atoms with Crippen LogP contribution in [0.3, 0.4) is 0 Å². The quantitative estimate of drug-likeness (QED) is 0.436. The summed E-state index contributed by atoms with van der Waals surface area (Å²) in [4.78, 5) is 35.6. The van der Waals surface area contributed by atoms with Crippen LogP contribution in [0, 0.1) is 0 Å². The summed E-state index contributed by atoms with van der Waals surface area (Å²) in [5.74, 6) is -0.466. The van der Waals surface area contributed by atoms with E-state index in [0.717, 1.165) is 0 Å². The SMILES string of the molecule is CC(C)(C)OC(=O)NCCC(=O)NCCNC(=O)c1ccccc1S. The minimum absolute atomic E-state index is 0.132. The molecule has 8 heteroatoms. The summed E-state index contributed by atoms with van der Waals surface area (Å²) in [5.41, 5.74) is -0.0883. The largest absolute Gasteiger partial charge is 0.444 e. The number of rotatable bonds is 7. The molecule has 0 saturated heterocycles. The van der Waals surface area contributed by atoms with Crippen molar-refractivity contribution in [2.75, 3.05) is 19.6 Å². The standard InChI is InChI=1S/C17H25N3O4S/c1-17(2,3)24-16(23)20-9-8-14(21)18-10-11-19-15(22)12-6-4-5-7-13(12)25/h4-7,25H,8-11H2,1-3H3,(H,18,21)(H,19,22)(H,20,23). The van der Waals surface area contributed by atoms with E-state index in [-0.39, 0.29) is 24.8 Å². The zero-order chi connectivity index (χ0) is 18.9. The first kappa shape index (κ1) is 20.8. The fraction of sp³-hybridized carbons (Fsp3) is 0.471. The highest BCUT2D eigenvalue weighted by Crippen LogP contribution is 2.12. The van der Waals surface area contributed by atoms with Crippen LogP contribution >= 0.6 is 12.6 Å². The highest BCUT2D eigenvalue weighted by Gasteiger charge is 2.15. The molecule has 0 unspecified atom stereocenters. The van der Waals surface area contributed by atoms with Crippen LogP contribution in [-0.2, 0) is 9.53 Å². The summed E-state index contributed by atoms with van der Waals surface area (Å²) >= 11 is 4.22. The van der Waals surface area contributed by atoms with Gasteiger partial charge in [0.15, 0.2) is 0 Å². The summed E-state index contributed by atoms with van der Waals surface area (Å²) in [5, 5.41) is 7.87. The third-order valence-electron chi connectivity index (χ3n) is 2.90. The average Bonchev–Trinajstić information content (AvgIpc) is 2.50. The van der Waals surface area contributed by atoms with Crippen LogP contribution in [0.15, 0.2) is 29.2 Å². The zero-order valence-electron chi connectivity index (χ0n) is 14.7. The third kappa shape index (κ3) is 8.99. The smallest absolute Gasteiger partial charge is 0.407 e. The number of hydrogen-bond donors (Lipinski definition) is 4. The second-order valence-corrected chi connectivity index (χ2v) is 6.78. The van der Waals surface area contributed by atoms with Crippen LogP contribution in [0.1, 0.15) is 37.6 Å². The fourth-order valence-electron chi connectivity index (χ4n) is 1.82. The Kier molecular flexibility index (Phi) is 8.27. The first-order valence-corrected chi connectivity index (χ1v) is 8.43. The Morgan fingerprint density at radius 1 is 1.00 bits per heavy atom. The number of hydrogen-bond acceptors (Lipinski definition) is 5.